The van der Waals surface area contributed by atoms with Gasteiger partial charge in [0.25, 0.3) is 0 Å². The second kappa shape index (κ2) is 5.06. The molecule has 19 heavy (non-hydrogen) atoms. The third-order valence-electron chi connectivity index (χ3n) is 3.94. The minimum Gasteiger partial charge on any atom is -0.326 e. The van der Waals surface area contributed by atoms with Crippen LogP contribution >= 0.6 is 11.3 Å². The highest BCUT2D eigenvalue weighted by Gasteiger charge is 2.48. The van der Waals surface area contributed by atoms with Crippen LogP contribution in [0.25, 0.3) is 0 Å². The number of aryl methyl sites for hydroxylation is 1. The third kappa shape index (κ3) is 2.21. The molecule has 1 aromatic carbocycles. The fraction of sp³-hybridized carbons (Fsp3) is 0.438. The van der Waals surface area contributed by atoms with Gasteiger partial charge in [-0.1, -0.05) is 43.7 Å². The summed E-state index contributed by atoms with van der Waals surface area (Å²) in [4.78, 5) is 6.20. The predicted molar refractivity (Wildman–Crippen MR) is 80.5 cm³/mol. The lowest BCUT2D eigenvalue weighted by molar-refractivity contribution is 0.803. The number of nitrogens with zero attached hydrogens (tertiary/aromatic N) is 1. The predicted octanol–water partition coefficient (Wildman–Crippen LogP) is 3.63. The highest BCUT2D eigenvalue weighted by molar-refractivity contribution is 7.12. The summed E-state index contributed by atoms with van der Waals surface area (Å²) in [6, 6.07) is 10.8. The van der Waals surface area contributed by atoms with E-state index >= 15 is 0 Å². The number of benzene rings is 1. The zero-order valence-electron chi connectivity index (χ0n) is 11.4. The van der Waals surface area contributed by atoms with Crippen LogP contribution in [0.4, 0.5) is 0 Å². The van der Waals surface area contributed by atoms with Crippen molar-refractivity contribution in [3.8, 4) is 0 Å². The van der Waals surface area contributed by atoms with Crippen molar-refractivity contribution in [2.45, 2.75) is 44.6 Å². The Hall–Kier alpha value is -1.19. The second-order valence-corrected chi connectivity index (χ2v) is 6.37. The first kappa shape index (κ1) is 12.8. The fourth-order valence-corrected chi connectivity index (χ4v) is 3.94. The Morgan fingerprint density at radius 3 is 2.58 bits per heavy atom. The Labute approximate surface area is 118 Å². The first-order valence-electron chi connectivity index (χ1n) is 7.05. The molecule has 0 aliphatic heterocycles. The highest BCUT2D eigenvalue weighted by Crippen LogP contribution is 2.54. The molecule has 100 valence electrons. The lowest BCUT2D eigenvalue weighted by Gasteiger charge is -2.12. The molecule has 2 N–H and O–H groups in total. The molecule has 0 radical (unpaired) electrons. The van der Waals surface area contributed by atoms with E-state index in [2.05, 4.69) is 37.3 Å². The van der Waals surface area contributed by atoms with Crippen LogP contribution < -0.4 is 5.73 Å². The number of rotatable bonds is 5. The molecule has 2 nitrogen and oxygen atoms in total. The van der Waals surface area contributed by atoms with E-state index in [9.17, 15) is 0 Å². The number of hydrogen-bond donors (Lipinski definition) is 1. The van der Waals surface area contributed by atoms with E-state index in [0.717, 1.165) is 12.8 Å². The van der Waals surface area contributed by atoms with Crippen LogP contribution in [-0.4, -0.2) is 4.98 Å². The molecule has 1 aromatic heterocycles. The van der Waals surface area contributed by atoms with Crippen molar-refractivity contribution in [2.24, 2.45) is 5.73 Å². The molecule has 0 bridgehead atoms. The van der Waals surface area contributed by atoms with E-state index in [1.165, 1.54) is 34.0 Å². The summed E-state index contributed by atoms with van der Waals surface area (Å²) < 4.78 is 0. The van der Waals surface area contributed by atoms with Gasteiger partial charge in [0.15, 0.2) is 0 Å². The van der Waals surface area contributed by atoms with Crippen molar-refractivity contribution in [3.63, 3.8) is 0 Å². The van der Waals surface area contributed by atoms with Crippen LogP contribution in [0, 0.1) is 0 Å². The van der Waals surface area contributed by atoms with Crippen LogP contribution in [0.1, 0.15) is 47.3 Å². The summed E-state index contributed by atoms with van der Waals surface area (Å²) in [6.07, 6.45) is 4.63. The summed E-state index contributed by atoms with van der Waals surface area (Å²) >= 11 is 1.83. The average molecular weight is 272 g/mol. The average Bonchev–Trinajstić information content (AvgIpc) is 3.17. The molecule has 0 spiro atoms. The molecule has 0 saturated heterocycles. The van der Waals surface area contributed by atoms with Crippen LogP contribution in [-0.2, 0) is 18.4 Å². The van der Waals surface area contributed by atoms with E-state index in [1.54, 1.807) is 0 Å². The van der Waals surface area contributed by atoms with Crippen molar-refractivity contribution in [2.75, 3.05) is 0 Å². The monoisotopic (exact) mass is 272 g/mol. The van der Waals surface area contributed by atoms with Gasteiger partial charge in [-0.3, -0.25) is 0 Å². The van der Waals surface area contributed by atoms with Crippen molar-refractivity contribution in [1.29, 1.82) is 0 Å². The fourth-order valence-electron chi connectivity index (χ4n) is 2.69. The van der Waals surface area contributed by atoms with Gasteiger partial charge in [0.2, 0.25) is 0 Å². The van der Waals surface area contributed by atoms with Gasteiger partial charge in [0.05, 0.1) is 5.69 Å². The van der Waals surface area contributed by atoms with Gasteiger partial charge >= 0.3 is 0 Å². The zero-order chi connectivity index (χ0) is 13.3. The number of thiazole rings is 1. The molecule has 1 fully saturated rings. The molecule has 1 aliphatic carbocycles. The molecule has 0 atom stereocenters. The Bertz CT molecular complexity index is 555. The molecule has 1 aliphatic rings. The topological polar surface area (TPSA) is 38.9 Å². The molecule has 3 heteroatoms. The van der Waals surface area contributed by atoms with Crippen molar-refractivity contribution in [3.05, 3.63) is 51.5 Å². The van der Waals surface area contributed by atoms with Crippen molar-refractivity contribution >= 4 is 11.3 Å². The Morgan fingerprint density at radius 2 is 2.00 bits per heavy atom. The molecule has 2 aromatic rings. The third-order valence-corrected chi connectivity index (χ3v) is 5.26. The molecular formula is C16H20N2S. The SMILES string of the molecule is CCCc1nc(C2(c3ccccc3)CC2)sc1CN. The molecular weight excluding hydrogens is 252 g/mol. The summed E-state index contributed by atoms with van der Waals surface area (Å²) in [5, 5.41) is 1.28. The highest BCUT2D eigenvalue weighted by atomic mass is 32.1. The number of aromatic nitrogens is 1. The zero-order valence-corrected chi connectivity index (χ0v) is 12.2. The van der Waals surface area contributed by atoms with E-state index in [1.807, 2.05) is 11.3 Å². The van der Waals surface area contributed by atoms with E-state index in [-0.39, 0.29) is 5.41 Å². The normalized spacial score (nSPS) is 16.5. The summed E-state index contributed by atoms with van der Waals surface area (Å²) in [7, 11) is 0. The molecule has 0 amide bonds. The Kier molecular flexibility index (Phi) is 3.42. The summed E-state index contributed by atoms with van der Waals surface area (Å²) in [5.41, 5.74) is 8.70. The van der Waals surface area contributed by atoms with Crippen LogP contribution in [0.5, 0.6) is 0 Å². The van der Waals surface area contributed by atoms with Crippen molar-refractivity contribution in [1.82, 2.24) is 4.98 Å². The van der Waals surface area contributed by atoms with Crippen LogP contribution in [0.3, 0.4) is 0 Å². The van der Waals surface area contributed by atoms with Crippen LogP contribution in [0.15, 0.2) is 30.3 Å². The Balaban J connectivity index is 1.98. The molecule has 1 heterocycles. The maximum atomic E-state index is 5.87. The largest absolute Gasteiger partial charge is 0.326 e. The van der Waals surface area contributed by atoms with E-state index < -0.39 is 0 Å². The lowest BCUT2D eigenvalue weighted by atomic mass is 9.97. The van der Waals surface area contributed by atoms with Gasteiger partial charge in [-0.15, -0.1) is 11.3 Å². The van der Waals surface area contributed by atoms with Gasteiger partial charge in [-0.25, -0.2) is 4.98 Å². The van der Waals surface area contributed by atoms with Gasteiger partial charge in [-0.2, -0.15) is 0 Å². The van der Waals surface area contributed by atoms with Crippen LogP contribution in [0.2, 0.25) is 0 Å². The van der Waals surface area contributed by atoms with Gasteiger partial charge in [0, 0.05) is 16.8 Å². The molecule has 3 rings (SSSR count). The first-order valence-corrected chi connectivity index (χ1v) is 7.86. The maximum absolute atomic E-state index is 5.87. The Morgan fingerprint density at radius 1 is 1.26 bits per heavy atom. The minimum absolute atomic E-state index is 0.196. The first-order chi connectivity index (χ1) is 9.30. The number of hydrogen-bond acceptors (Lipinski definition) is 3. The van der Waals surface area contributed by atoms with E-state index in [0.29, 0.717) is 6.54 Å². The summed E-state index contributed by atoms with van der Waals surface area (Å²) in [5.74, 6) is 0. The second-order valence-electron chi connectivity index (χ2n) is 5.29. The van der Waals surface area contributed by atoms with Gasteiger partial charge in [-0.05, 0) is 24.8 Å². The maximum Gasteiger partial charge on any atom is 0.104 e. The lowest BCUT2D eigenvalue weighted by Crippen LogP contribution is -2.08. The van der Waals surface area contributed by atoms with Gasteiger partial charge in [0.1, 0.15) is 5.01 Å². The number of nitrogens with two attached hydrogens (primary N) is 1. The smallest absolute Gasteiger partial charge is 0.104 e. The van der Waals surface area contributed by atoms with Gasteiger partial charge < -0.3 is 5.73 Å². The molecule has 1 saturated carbocycles. The van der Waals surface area contributed by atoms with Crippen molar-refractivity contribution < 1.29 is 0 Å². The molecule has 0 unspecified atom stereocenters. The van der Waals surface area contributed by atoms with E-state index in [4.69, 9.17) is 10.7 Å². The standard InChI is InChI=1S/C16H20N2S/c1-2-6-13-14(11-17)19-15(18-13)16(9-10-16)12-7-4-3-5-8-12/h3-5,7-8H,2,6,9-11,17H2,1H3. The minimum atomic E-state index is 0.196. The quantitative estimate of drug-likeness (QED) is 0.902. The summed E-state index contributed by atoms with van der Waals surface area (Å²) in [6.45, 7) is 2.82.